The fraction of sp³-hybridized carbons (Fsp3) is 0.308. The van der Waals surface area contributed by atoms with Crippen LogP contribution < -0.4 is 0 Å². The molecule has 0 amide bonds. The lowest BCUT2D eigenvalue weighted by atomic mass is 9.93. The molecule has 88 valence electrons. The molecule has 2 aromatic heterocycles. The monoisotopic (exact) mass is 246 g/mol. The second-order valence-electron chi connectivity index (χ2n) is 5.28. The van der Waals surface area contributed by atoms with Gasteiger partial charge in [-0.25, -0.2) is 4.98 Å². The largest absolute Gasteiger partial charge is 0.508 e. The van der Waals surface area contributed by atoms with Crippen molar-refractivity contribution in [3.8, 4) is 5.75 Å². The molecular weight excluding hydrogens is 232 g/mol. The van der Waals surface area contributed by atoms with Crippen molar-refractivity contribution in [3.05, 3.63) is 30.1 Å². The standard InChI is InChI=1S/C13H14N2OS/c1-13(2,3)11-7-15-9-5-4-8(16)6-10(9)17-12(15)14-11/h4-7,16H,1-3H3. The van der Waals surface area contributed by atoms with Gasteiger partial charge >= 0.3 is 0 Å². The Labute approximate surface area is 103 Å². The van der Waals surface area contributed by atoms with Crippen molar-refractivity contribution in [1.82, 2.24) is 9.38 Å². The molecule has 17 heavy (non-hydrogen) atoms. The number of fused-ring (bicyclic) bond motifs is 3. The Hall–Kier alpha value is -1.55. The second-order valence-corrected chi connectivity index (χ2v) is 6.29. The van der Waals surface area contributed by atoms with Crippen molar-refractivity contribution in [2.24, 2.45) is 0 Å². The minimum absolute atomic E-state index is 0.0645. The van der Waals surface area contributed by atoms with Crippen LogP contribution in [-0.4, -0.2) is 14.5 Å². The van der Waals surface area contributed by atoms with Crippen LogP contribution in [-0.2, 0) is 5.41 Å². The second kappa shape index (κ2) is 3.23. The van der Waals surface area contributed by atoms with Gasteiger partial charge in [0, 0.05) is 11.6 Å². The SMILES string of the molecule is CC(C)(C)c1cn2c(n1)sc1cc(O)ccc12. The Morgan fingerprint density at radius 3 is 2.76 bits per heavy atom. The summed E-state index contributed by atoms with van der Waals surface area (Å²) in [6.07, 6.45) is 2.09. The molecule has 3 aromatic rings. The lowest BCUT2D eigenvalue weighted by Gasteiger charge is -2.13. The number of rotatable bonds is 0. The maximum absolute atomic E-state index is 9.45. The van der Waals surface area contributed by atoms with Crippen LogP contribution in [0.2, 0.25) is 0 Å². The molecule has 3 nitrogen and oxygen atoms in total. The van der Waals surface area contributed by atoms with Crippen LogP contribution in [0.3, 0.4) is 0 Å². The first-order chi connectivity index (χ1) is 7.95. The molecule has 4 heteroatoms. The van der Waals surface area contributed by atoms with E-state index in [0.717, 1.165) is 20.9 Å². The van der Waals surface area contributed by atoms with E-state index >= 15 is 0 Å². The Morgan fingerprint density at radius 2 is 2.06 bits per heavy atom. The van der Waals surface area contributed by atoms with Crippen LogP contribution in [0.25, 0.3) is 15.2 Å². The highest BCUT2D eigenvalue weighted by Gasteiger charge is 2.19. The summed E-state index contributed by atoms with van der Waals surface area (Å²) in [5.74, 6) is 0.304. The summed E-state index contributed by atoms with van der Waals surface area (Å²) in [6.45, 7) is 6.48. The zero-order valence-corrected chi connectivity index (χ0v) is 10.9. The maximum Gasteiger partial charge on any atom is 0.194 e. The van der Waals surface area contributed by atoms with Crippen LogP contribution in [0.15, 0.2) is 24.4 Å². The van der Waals surface area contributed by atoms with E-state index in [9.17, 15) is 5.11 Å². The van der Waals surface area contributed by atoms with E-state index in [1.807, 2.05) is 6.07 Å². The highest BCUT2D eigenvalue weighted by atomic mass is 32.1. The molecule has 0 aliphatic rings. The Kier molecular flexibility index (Phi) is 2.01. The Bertz CT molecular complexity index is 703. The van der Waals surface area contributed by atoms with Crippen molar-refractivity contribution in [1.29, 1.82) is 0 Å². The predicted molar refractivity (Wildman–Crippen MR) is 70.9 cm³/mol. The third kappa shape index (κ3) is 1.60. The van der Waals surface area contributed by atoms with Crippen molar-refractivity contribution >= 4 is 26.5 Å². The van der Waals surface area contributed by atoms with Gasteiger partial charge in [-0.1, -0.05) is 32.1 Å². The van der Waals surface area contributed by atoms with E-state index in [1.165, 1.54) is 0 Å². The van der Waals surface area contributed by atoms with Crippen LogP contribution in [0, 0.1) is 0 Å². The van der Waals surface area contributed by atoms with Gasteiger partial charge in [0.1, 0.15) is 5.75 Å². The number of benzene rings is 1. The number of imidazole rings is 1. The third-order valence-corrected chi connectivity index (χ3v) is 3.86. The van der Waals surface area contributed by atoms with Crippen LogP contribution >= 0.6 is 11.3 Å². The zero-order valence-electron chi connectivity index (χ0n) is 10.1. The van der Waals surface area contributed by atoms with Gasteiger partial charge in [0.25, 0.3) is 0 Å². The summed E-state index contributed by atoms with van der Waals surface area (Å²) >= 11 is 1.60. The molecule has 0 bridgehead atoms. The maximum atomic E-state index is 9.45. The fourth-order valence-electron chi connectivity index (χ4n) is 1.85. The molecule has 3 rings (SSSR count). The first-order valence-corrected chi connectivity index (χ1v) is 6.38. The highest BCUT2D eigenvalue weighted by molar-refractivity contribution is 7.23. The van der Waals surface area contributed by atoms with Crippen molar-refractivity contribution < 1.29 is 5.11 Å². The summed E-state index contributed by atoms with van der Waals surface area (Å²) in [7, 11) is 0. The number of aromatic nitrogens is 2. The number of hydrogen-bond acceptors (Lipinski definition) is 3. The number of hydrogen-bond donors (Lipinski definition) is 1. The van der Waals surface area contributed by atoms with Crippen molar-refractivity contribution in [3.63, 3.8) is 0 Å². The van der Waals surface area contributed by atoms with Crippen LogP contribution in [0.1, 0.15) is 26.5 Å². The van der Waals surface area contributed by atoms with Crippen molar-refractivity contribution in [2.75, 3.05) is 0 Å². The minimum atomic E-state index is 0.0645. The molecule has 1 N–H and O–H groups in total. The zero-order chi connectivity index (χ0) is 12.2. The molecule has 0 atom stereocenters. The van der Waals surface area contributed by atoms with Gasteiger partial charge in [0.15, 0.2) is 4.96 Å². The first kappa shape index (κ1) is 10.6. The van der Waals surface area contributed by atoms with Gasteiger partial charge in [0.05, 0.1) is 15.9 Å². The lowest BCUT2D eigenvalue weighted by molar-refractivity contribution is 0.476. The number of nitrogens with zero attached hydrogens (tertiary/aromatic N) is 2. The van der Waals surface area contributed by atoms with Gasteiger partial charge in [-0.15, -0.1) is 0 Å². The molecule has 2 heterocycles. The van der Waals surface area contributed by atoms with E-state index in [1.54, 1.807) is 23.5 Å². The number of phenolic OH excluding ortho intramolecular Hbond substituents is 1. The fourth-order valence-corrected chi connectivity index (χ4v) is 2.89. The lowest BCUT2D eigenvalue weighted by Crippen LogP contribution is -2.11. The molecule has 0 radical (unpaired) electrons. The average Bonchev–Trinajstić information content (AvgIpc) is 2.72. The van der Waals surface area contributed by atoms with Crippen LogP contribution in [0.4, 0.5) is 0 Å². The smallest absolute Gasteiger partial charge is 0.194 e. The number of phenols is 1. The van der Waals surface area contributed by atoms with E-state index in [4.69, 9.17) is 0 Å². The summed E-state index contributed by atoms with van der Waals surface area (Å²) < 4.78 is 3.16. The van der Waals surface area contributed by atoms with Gasteiger partial charge < -0.3 is 5.11 Å². The molecule has 1 aromatic carbocycles. The molecule has 0 aliphatic carbocycles. The molecule has 0 aliphatic heterocycles. The molecule has 0 spiro atoms. The third-order valence-electron chi connectivity index (χ3n) is 2.85. The predicted octanol–water partition coefficient (Wildman–Crippen LogP) is 3.55. The normalized spacial score (nSPS) is 12.6. The summed E-state index contributed by atoms with van der Waals surface area (Å²) in [4.78, 5) is 5.63. The minimum Gasteiger partial charge on any atom is -0.508 e. The van der Waals surface area contributed by atoms with E-state index in [2.05, 4.69) is 36.4 Å². The van der Waals surface area contributed by atoms with Gasteiger partial charge in [0.2, 0.25) is 0 Å². The Morgan fingerprint density at radius 1 is 1.29 bits per heavy atom. The highest BCUT2D eigenvalue weighted by Crippen LogP contribution is 2.31. The first-order valence-electron chi connectivity index (χ1n) is 5.56. The van der Waals surface area contributed by atoms with E-state index in [-0.39, 0.29) is 5.41 Å². The summed E-state index contributed by atoms with van der Waals surface area (Å²) in [6, 6.07) is 5.43. The van der Waals surface area contributed by atoms with Gasteiger partial charge in [-0.05, 0) is 18.2 Å². The molecule has 0 fully saturated rings. The number of thiazole rings is 1. The molecular formula is C13H14N2OS. The van der Waals surface area contributed by atoms with E-state index < -0.39 is 0 Å². The molecule has 0 unspecified atom stereocenters. The van der Waals surface area contributed by atoms with Crippen LogP contribution in [0.5, 0.6) is 5.75 Å². The Balaban J connectivity index is 2.32. The van der Waals surface area contributed by atoms with Crippen molar-refractivity contribution in [2.45, 2.75) is 26.2 Å². The van der Waals surface area contributed by atoms with Gasteiger partial charge in [-0.3, -0.25) is 4.40 Å². The molecule has 0 saturated carbocycles. The number of aromatic hydroxyl groups is 1. The topological polar surface area (TPSA) is 37.5 Å². The average molecular weight is 246 g/mol. The summed E-state index contributed by atoms with van der Waals surface area (Å²) in [5, 5.41) is 9.45. The molecule has 0 saturated heterocycles. The summed E-state index contributed by atoms with van der Waals surface area (Å²) in [5.41, 5.74) is 2.26. The van der Waals surface area contributed by atoms with E-state index in [0.29, 0.717) is 5.75 Å². The quantitative estimate of drug-likeness (QED) is 0.658. The van der Waals surface area contributed by atoms with Gasteiger partial charge in [-0.2, -0.15) is 0 Å².